The Morgan fingerprint density at radius 2 is 2.00 bits per heavy atom. The Morgan fingerprint density at radius 1 is 1.29 bits per heavy atom. The van der Waals surface area contributed by atoms with Crippen LogP contribution in [0.3, 0.4) is 0 Å². The van der Waals surface area contributed by atoms with Gasteiger partial charge >= 0.3 is 6.18 Å². The molecule has 4 nitrogen and oxygen atoms in total. The summed E-state index contributed by atoms with van der Waals surface area (Å²) in [6, 6.07) is 7.51. The minimum atomic E-state index is -4.45. The highest BCUT2D eigenvalue weighted by Gasteiger charge is 2.33. The Bertz CT molecular complexity index is 792. The molecule has 0 bridgehead atoms. The Labute approximate surface area is 138 Å². The number of hydrogen-bond acceptors (Lipinski definition) is 4. The van der Waals surface area contributed by atoms with Crippen LogP contribution in [0, 0.1) is 11.3 Å². The van der Waals surface area contributed by atoms with Crippen LogP contribution in [-0.4, -0.2) is 12.0 Å². The molecule has 0 saturated carbocycles. The number of nitrogens with zero attached hydrogens (tertiary/aromatic N) is 2. The molecule has 0 spiro atoms. The van der Waals surface area contributed by atoms with Crippen LogP contribution in [0.1, 0.15) is 30.2 Å². The van der Waals surface area contributed by atoms with E-state index in [4.69, 9.17) is 11.0 Å². The highest BCUT2D eigenvalue weighted by molar-refractivity contribution is 5.77. The molecule has 0 saturated heterocycles. The van der Waals surface area contributed by atoms with Crippen molar-refractivity contribution in [2.24, 2.45) is 0 Å². The number of rotatable bonds is 4. The van der Waals surface area contributed by atoms with Gasteiger partial charge < -0.3 is 11.1 Å². The third-order valence-corrected chi connectivity index (χ3v) is 3.66. The van der Waals surface area contributed by atoms with Gasteiger partial charge in [-0.3, -0.25) is 0 Å². The Hall–Kier alpha value is -2.75. The van der Waals surface area contributed by atoms with E-state index >= 15 is 0 Å². The van der Waals surface area contributed by atoms with Crippen molar-refractivity contribution in [2.45, 2.75) is 25.9 Å². The summed E-state index contributed by atoms with van der Waals surface area (Å²) in [4.78, 5) is 4.07. The molecule has 0 fully saturated rings. The molecule has 2 rings (SSSR count). The number of aromatic nitrogens is 1. The molecule has 7 heteroatoms. The van der Waals surface area contributed by atoms with E-state index in [0.29, 0.717) is 18.5 Å². The van der Waals surface area contributed by atoms with E-state index in [1.807, 2.05) is 13.0 Å². The van der Waals surface area contributed by atoms with Crippen molar-refractivity contribution in [3.8, 4) is 17.3 Å². The molecule has 3 N–H and O–H groups in total. The van der Waals surface area contributed by atoms with Gasteiger partial charge in [0.1, 0.15) is 6.07 Å². The van der Waals surface area contributed by atoms with Crippen LogP contribution in [0.15, 0.2) is 24.3 Å². The number of halogens is 3. The first-order chi connectivity index (χ1) is 11.3. The number of hydrogen-bond donors (Lipinski definition) is 2. The van der Waals surface area contributed by atoms with Gasteiger partial charge in [0.25, 0.3) is 0 Å². The largest absolute Gasteiger partial charge is 0.416 e. The second-order valence-electron chi connectivity index (χ2n) is 5.30. The zero-order chi connectivity index (χ0) is 17.9. The van der Waals surface area contributed by atoms with Crippen molar-refractivity contribution < 1.29 is 13.2 Å². The van der Waals surface area contributed by atoms with E-state index in [1.165, 1.54) is 12.1 Å². The molecule has 0 aliphatic carbocycles. The van der Waals surface area contributed by atoms with Gasteiger partial charge in [0.15, 0.2) is 5.69 Å². The molecule has 126 valence electrons. The average Bonchev–Trinajstić information content (AvgIpc) is 2.55. The smallest absolute Gasteiger partial charge is 0.395 e. The van der Waals surface area contributed by atoms with Crippen molar-refractivity contribution in [1.82, 2.24) is 4.98 Å². The lowest BCUT2D eigenvalue weighted by Gasteiger charge is -2.15. The van der Waals surface area contributed by atoms with Gasteiger partial charge in [-0.15, -0.1) is 0 Å². The fourth-order valence-corrected chi connectivity index (χ4v) is 2.48. The van der Waals surface area contributed by atoms with E-state index in [1.54, 1.807) is 13.1 Å². The van der Waals surface area contributed by atoms with Gasteiger partial charge in [0.05, 0.1) is 22.6 Å². The fourth-order valence-electron chi connectivity index (χ4n) is 2.48. The van der Waals surface area contributed by atoms with Crippen molar-refractivity contribution in [2.75, 3.05) is 18.1 Å². The van der Waals surface area contributed by atoms with E-state index in [2.05, 4.69) is 10.3 Å². The number of nitrogen functional groups attached to an aromatic ring is 1. The first-order valence-corrected chi connectivity index (χ1v) is 7.40. The molecule has 24 heavy (non-hydrogen) atoms. The molecule has 2 aromatic rings. The van der Waals surface area contributed by atoms with Crippen LogP contribution >= 0.6 is 0 Å². The molecule has 0 radical (unpaired) electrons. The van der Waals surface area contributed by atoms with Gasteiger partial charge in [0, 0.05) is 12.6 Å². The lowest BCUT2D eigenvalue weighted by molar-refractivity contribution is -0.138. The third kappa shape index (κ3) is 3.43. The van der Waals surface area contributed by atoms with Crippen LogP contribution in [0.25, 0.3) is 11.3 Å². The second-order valence-corrected chi connectivity index (χ2v) is 5.30. The summed E-state index contributed by atoms with van der Waals surface area (Å²) in [6.07, 6.45) is -3.49. The van der Waals surface area contributed by atoms with E-state index < -0.39 is 11.7 Å². The monoisotopic (exact) mass is 334 g/mol. The van der Waals surface area contributed by atoms with Crippen molar-refractivity contribution in [3.05, 3.63) is 41.1 Å². The summed E-state index contributed by atoms with van der Waals surface area (Å²) in [6.45, 7) is 1.83. The van der Waals surface area contributed by atoms with Crippen molar-refractivity contribution in [3.63, 3.8) is 0 Å². The van der Waals surface area contributed by atoms with Crippen molar-refractivity contribution >= 4 is 11.4 Å². The minimum Gasteiger partial charge on any atom is -0.395 e. The molecular weight excluding hydrogens is 317 g/mol. The predicted molar refractivity (Wildman–Crippen MR) is 87.3 cm³/mol. The standard InChI is InChI=1S/C17H17F3N4/c1-3-4-10-5-6-11(7-12(10)17(18,19)20)13-8-14(23-2)16(22)15(9-21)24-13/h5-8H,3-4,22H2,1-2H3,(H,23,24). The highest BCUT2D eigenvalue weighted by atomic mass is 19.4. The lowest BCUT2D eigenvalue weighted by Crippen LogP contribution is -2.10. The Morgan fingerprint density at radius 3 is 2.54 bits per heavy atom. The minimum absolute atomic E-state index is 0.0250. The normalized spacial score (nSPS) is 11.2. The SMILES string of the molecule is CCCc1ccc(-c2cc(NC)c(N)c(C#N)n2)cc1C(F)(F)F. The number of benzene rings is 1. The van der Waals surface area contributed by atoms with Gasteiger partial charge in [0.2, 0.25) is 0 Å². The summed E-state index contributed by atoms with van der Waals surface area (Å²) in [5.74, 6) is 0. The number of nitriles is 1. The maximum atomic E-state index is 13.3. The Kier molecular flexibility index (Phi) is 4.98. The zero-order valence-electron chi connectivity index (χ0n) is 13.3. The molecule has 0 unspecified atom stereocenters. The first-order valence-electron chi connectivity index (χ1n) is 7.40. The van der Waals surface area contributed by atoms with Gasteiger partial charge in [-0.2, -0.15) is 18.4 Å². The summed E-state index contributed by atoms with van der Waals surface area (Å²) in [5.41, 5.74) is 6.50. The number of nitrogens with two attached hydrogens (primary N) is 1. The van der Waals surface area contributed by atoms with E-state index in [9.17, 15) is 13.2 Å². The molecule has 0 atom stereocenters. The van der Waals surface area contributed by atoms with Crippen LogP contribution in [0.2, 0.25) is 0 Å². The maximum absolute atomic E-state index is 13.3. The van der Waals surface area contributed by atoms with E-state index in [-0.39, 0.29) is 28.2 Å². The fraction of sp³-hybridized carbons (Fsp3) is 0.294. The average molecular weight is 334 g/mol. The third-order valence-electron chi connectivity index (χ3n) is 3.66. The number of aryl methyl sites for hydroxylation is 1. The molecule has 1 aromatic heterocycles. The summed E-state index contributed by atoms with van der Waals surface area (Å²) in [7, 11) is 1.61. The van der Waals surface area contributed by atoms with E-state index in [0.717, 1.165) is 6.07 Å². The molecule has 1 heterocycles. The van der Waals surface area contributed by atoms with Crippen LogP contribution < -0.4 is 11.1 Å². The number of pyridine rings is 1. The van der Waals surface area contributed by atoms with Gasteiger partial charge in [-0.1, -0.05) is 25.5 Å². The van der Waals surface area contributed by atoms with Gasteiger partial charge in [-0.25, -0.2) is 4.98 Å². The summed E-state index contributed by atoms with van der Waals surface area (Å²) in [5, 5.41) is 11.9. The quantitative estimate of drug-likeness (QED) is 0.878. The predicted octanol–water partition coefficient (Wildman–Crippen LogP) is 4.22. The highest BCUT2D eigenvalue weighted by Crippen LogP contribution is 2.36. The number of anilines is 2. The van der Waals surface area contributed by atoms with Crippen LogP contribution in [0.5, 0.6) is 0 Å². The lowest BCUT2D eigenvalue weighted by atomic mass is 9.98. The number of nitrogens with one attached hydrogen (secondary N) is 1. The van der Waals surface area contributed by atoms with Crippen LogP contribution in [-0.2, 0) is 12.6 Å². The molecular formula is C17H17F3N4. The van der Waals surface area contributed by atoms with Crippen molar-refractivity contribution in [1.29, 1.82) is 5.26 Å². The zero-order valence-corrected chi connectivity index (χ0v) is 13.3. The molecule has 0 aliphatic heterocycles. The second kappa shape index (κ2) is 6.79. The molecule has 1 aromatic carbocycles. The number of alkyl halides is 3. The Balaban J connectivity index is 2.64. The molecule has 0 aliphatic rings. The van der Waals surface area contributed by atoms with Crippen LogP contribution in [0.4, 0.5) is 24.5 Å². The maximum Gasteiger partial charge on any atom is 0.416 e. The summed E-state index contributed by atoms with van der Waals surface area (Å²) >= 11 is 0. The molecule has 0 amide bonds. The van der Waals surface area contributed by atoms with Gasteiger partial charge in [-0.05, 0) is 24.1 Å². The topological polar surface area (TPSA) is 74.7 Å². The summed E-state index contributed by atoms with van der Waals surface area (Å²) < 4.78 is 40.0. The first kappa shape index (κ1) is 17.6.